The molecule has 0 N–H and O–H groups in total. The first-order valence-electron chi connectivity index (χ1n) is 6.45. The van der Waals surface area contributed by atoms with Crippen LogP contribution in [-0.2, 0) is 10.8 Å². The van der Waals surface area contributed by atoms with E-state index in [4.69, 9.17) is 5.10 Å². The maximum atomic E-state index is 4.90. The molecule has 0 saturated carbocycles. The summed E-state index contributed by atoms with van der Waals surface area (Å²) in [5.41, 5.74) is 2.88. The van der Waals surface area contributed by atoms with Gasteiger partial charge in [-0.25, -0.2) is 0 Å². The van der Waals surface area contributed by atoms with Crippen LogP contribution in [0.25, 0.3) is 0 Å². The molecular formula is C14H28N2Si. The summed E-state index contributed by atoms with van der Waals surface area (Å²) in [5.74, 6) is 0. The van der Waals surface area contributed by atoms with Gasteiger partial charge in [-0.1, -0.05) is 41.5 Å². The van der Waals surface area contributed by atoms with Crippen molar-refractivity contribution in [3.8, 4) is 0 Å². The molecule has 0 fully saturated rings. The molecule has 0 amide bonds. The Hall–Kier alpha value is -0.573. The predicted octanol–water partition coefficient (Wildman–Crippen LogP) is 4.16. The van der Waals surface area contributed by atoms with Gasteiger partial charge in [-0.15, -0.1) is 0 Å². The lowest BCUT2D eigenvalue weighted by molar-refractivity contribution is 0.546. The fourth-order valence-electron chi connectivity index (χ4n) is 1.79. The first kappa shape index (κ1) is 14.5. The minimum atomic E-state index is -1.44. The molecule has 98 valence electrons. The third-order valence-electron chi connectivity index (χ3n) is 2.88. The van der Waals surface area contributed by atoms with Gasteiger partial charge in [-0.2, -0.15) is 5.10 Å². The highest BCUT2D eigenvalue weighted by molar-refractivity contribution is 6.74. The molecule has 1 rings (SSSR count). The Morgan fingerprint density at radius 2 is 1.41 bits per heavy atom. The fourth-order valence-corrected chi connectivity index (χ4v) is 3.32. The summed E-state index contributed by atoms with van der Waals surface area (Å²) in [5, 5.41) is 4.90. The van der Waals surface area contributed by atoms with Gasteiger partial charge in [0.25, 0.3) is 0 Å². The van der Waals surface area contributed by atoms with Crippen LogP contribution in [0.15, 0.2) is 6.07 Å². The van der Waals surface area contributed by atoms with Gasteiger partial charge in [0, 0.05) is 16.5 Å². The van der Waals surface area contributed by atoms with E-state index in [1.165, 1.54) is 11.4 Å². The van der Waals surface area contributed by atoms with Gasteiger partial charge in [0.1, 0.15) is 0 Å². The molecule has 0 unspecified atom stereocenters. The molecule has 1 heterocycles. The van der Waals surface area contributed by atoms with Gasteiger partial charge in [0.2, 0.25) is 0 Å². The highest BCUT2D eigenvalue weighted by atomic mass is 28.3. The Bertz CT molecular complexity index is 366. The van der Waals surface area contributed by atoms with E-state index in [2.05, 4.69) is 71.6 Å². The molecule has 0 bridgehead atoms. The smallest absolute Gasteiger partial charge is 0.176 e. The van der Waals surface area contributed by atoms with E-state index in [0.29, 0.717) is 0 Å². The number of aromatic nitrogens is 2. The Morgan fingerprint density at radius 3 is 1.65 bits per heavy atom. The summed E-state index contributed by atoms with van der Waals surface area (Å²) >= 11 is 0. The zero-order valence-corrected chi connectivity index (χ0v) is 14.0. The van der Waals surface area contributed by atoms with Crippen molar-refractivity contribution in [2.24, 2.45) is 0 Å². The average molecular weight is 252 g/mol. The second-order valence-electron chi connectivity index (χ2n) is 8.00. The third kappa shape index (κ3) is 3.21. The fraction of sp³-hybridized carbons (Fsp3) is 0.786. The Labute approximate surface area is 108 Å². The monoisotopic (exact) mass is 252 g/mol. The number of hydrogen-bond donors (Lipinski definition) is 0. The van der Waals surface area contributed by atoms with Gasteiger partial charge in [0.05, 0.1) is 5.69 Å². The predicted molar refractivity (Wildman–Crippen MR) is 78.4 cm³/mol. The van der Waals surface area contributed by atoms with Crippen molar-refractivity contribution in [3.05, 3.63) is 17.5 Å². The maximum Gasteiger partial charge on any atom is 0.176 e. The second-order valence-corrected chi connectivity index (χ2v) is 12.8. The van der Waals surface area contributed by atoms with E-state index < -0.39 is 8.24 Å². The molecule has 0 aliphatic heterocycles. The van der Waals surface area contributed by atoms with Crippen molar-refractivity contribution in [2.45, 2.75) is 72.0 Å². The number of nitrogens with zero attached hydrogens (tertiary/aromatic N) is 2. The van der Waals surface area contributed by atoms with E-state index in [1.807, 2.05) is 0 Å². The van der Waals surface area contributed by atoms with Crippen molar-refractivity contribution in [1.82, 2.24) is 9.45 Å². The van der Waals surface area contributed by atoms with Crippen LogP contribution in [0.4, 0.5) is 0 Å². The van der Waals surface area contributed by atoms with Crippen molar-refractivity contribution >= 4 is 8.24 Å². The van der Waals surface area contributed by atoms with Crippen molar-refractivity contribution < 1.29 is 0 Å². The van der Waals surface area contributed by atoms with Gasteiger partial charge in [-0.3, -0.25) is 4.35 Å². The van der Waals surface area contributed by atoms with Gasteiger partial charge in [0.15, 0.2) is 8.24 Å². The molecule has 2 nitrogen and oxygen atoms in total. The molecule has 3 heteroatoms. The maximum absolute atomic E-state index is 4.90. The zero-order valence-electron chi connectivity index (χ0n) is 13.0. The molecule has 1 aromatic rings. The lowest BCUT2D eigenvalue weighted by atomic mass is 9.88. The zero-order chi connectivity index (χ0) is 13.6. The van der Waals surface area contributed by atoms with Crippen molar-refractivity contribution in [1.29, 1.82) is 0 Å². The molecule has 0 spiro atoms. The van der Waals surface area contributed by atoms with Crippen LogP contribution in [0, 0.1) is 0 Å². The van der Waals surface area contributed by atoms with Crippen LogP contribution in [0.3, 0.4) is 0 Å². The molecule has 17 heavy (non-hydrogen) atoms. The molecular weight excluding hydrogens is 224 g/mol. The Kier molecular flexibility index (Phi) is 3.39. The first-order chi connectivity index (χ1) is 7.33. The van der Waals surface area contributed by atoms with Crippen molar-refractivity contribution in [2.75, 3.05) is 0 Å². The number of hydrogen-bond acceptors (Lipinski definition) is 1. The van der Waals surface area contributed by atoms with E-state index in [-0.39, 0.29) is 10.8 Å². The molecule has 0 radical (unpaired) electrons. The topological polar surface area (TPSA) is 17.8 Å². The second kappa shape index (κ2) is 3.97. The molecule has 1 aromatic heterocycles. The minimum Gasteiger partial charge on any atom is -0.298 e. The highest BCUT2D eigenvalue weighted by Gasteiger charge is 2.30. The lowest BCUT2D eigenvalue weighted by Gasteiger charge is -2.27. The van der Waals surface area contributed by atoms with Crippen LogP contribution in [0.5, 0.6) is 0 Å². The quantitative estimate of drug-likeness (QED) is 0.686. The summed E-state index contributed by atoms with van der Waals surface area (Å²) in [6.45, 7) is 20.6. The number of rotatable bonds is 1. The minimum absolute atomic E-state index is 0.130. The van der Waals surface area contributed by atoms with Gasteiger partial charge >= 0.3 is 0 Å². The van der Waals surface area contributed by atoms with E-state index in [9.17, 15) is 0 Å². The van der Waals surface area contributed by atoms with Gasteiger partial charge in [-0.05, 0) is 25.7 Å². The lowest BCUT2D eigenvalue weighted by Crippen LogP contribution is -2.37. The molecule has 0 saturated heterocycles. The first-order valence-corrected chi connectivity index (χ1v) is 9.90. The molecule has 0 aliphatic rings. The van der Waals surface area contributed by atoms with Crippen LogP contribution < -0.4 is 0 Å². The standard InChI is InChI=1S/C14H28N2Si/c1-13(2,3)11-10-12(14(4,5)6)16(15-11)17(7,8)9/h10H,1-9H3. The Morgan fingerprint density at radius 1 is 0.941 bits per heavy atom. The largest absolute Gasteiger partial charge is 0.298 e. The summed E-state index contributed by atoms with van der Waals surface area (Å²) in [6.07, 6.45) is 0. The van der Waals surface area contributed by atoms with Crippen LogP contribution in [0.1, 0.15) is 52.9 Å². The Balaban J connectivity index is 3.44. The molecule has 0 atom stereocenters. The van der Waals surface area contributed by atoms with E-state index in [1.54, 1.807) is 0 Å². The average Bonchev–Trinajstić information content (AvgIpc) is 2.42. The van der Waals surface area contributed by atoms with Crippen LogP contribution in [0.2, 0.25) is 19.6 Å². The SMILES string of the molecule is CC(C)(C)c1cc(C(C)(C)C)n([Si](C)(C)C)n1. The summed E-state index contributed by atoms with van der Waals surface area (Å²) < 4.78 is 2.33. The molecule has 0 aromatic carbocycles. The summed E-state index contributed by atoms with van der Waals surface area (Å²) in [7, 11) is -1.44. The van der Waals surface area contributed by atoms with Crippen LogP contribution in [-0.4, -0.2) is 17.7 Å². The van der Waals surface area contributed by atoms with Gasteiger partial charge < -0.3 is 0 Å². The van der Waals surface area contributed by atoms with E-state index in [0.717, 1.165) is 0 Å². The van der Waals surface area contributed by atoms with E-state index >= 15 is 0 Å². The highest BCUT2D eigenvalue weighted by Crippen LogP contribution is 2.30. The van der Waals surface area contributed by atoms with Crippen molar-refractivity contribution in [3.63, 3.8) is 0 Å². The third-order valence-corrected chi connectivity index (χ3v) is 4.49. The normalized spacial score (nSPS) is 14.2. The molecule has 0 aliphatic carbocycles. The summed E-state index contributed by atoms with van der Waals surface area (Å²) in [4.78, 5) is 0. The van der Waals surface area contributed by atoms with Crippen LogP contribution >= 0.6 is 0 Å². The summed E-state index contributed by atoms with van der Waals surface area (Å²) in [6, 6.07) is 2.30.